The zero-order valence-electron chi connectivity index (χ0n) is 18.3. The average Bonchev–Trinajstić information content (AvgIpc) is 3.40. The fraction of sp³-hybridized carbons (Fsp3) is 0.238. The molecule has 33 heavy (non-hydrogen) atoms. The minimum atomic E-state index is -0.525. The summed E-state index contributed by atoms with van der Waals surface area (Å²) in [5, 5.41) is 21.0. The zero-order chi connectivity index (χ0) is 24.1. The molecule has 0 aliphatic carbocycles. The Kier molecular flexibility index (Phi) is 7.18. The Morgan fingerprint density at radius 2 is 2.03 bits per heavy atom. The molecule has 0 aliphatic heterocycles. The van der Waals surface area contributed by atoms with Crippen LogP contribution in [0.15, 0.2) is 40.8 Å². The Balaban J connectivity index is 1.69. The maximum atomic E-state index is 12.3. The standard InChI is InChI=1S/C21H21N5O6S/c1-12(22-23-19(27)11-25-14(3)20(26(29)30)13(2)24-25)15-7-8-16(17(10-15)31-4)32-21(28)18-6-5-9-33-18/h5-10H,11H2,1-4H3,(H,23,27). The summed E-state index contributed by atoms with van der Waals surface area (Å²) >= 11 is 1.27. The molecule has 0 fully saturated rings. The van der Waals surface area contributed by atoms with E-state index in [2.05, 4.69) is 15.6 Å². The summed E-state index contributed by atoms with van der Waals surface area (Å²) in [4.78, 5) is 35.5. The van der Waals surface area contributed by atoms with Crippen LogP contribution >= 0.6 is 11.3 Å². The molecule has 11 nitrogen and oxygen atoms in total. The molecule has 0 spiro atoms. The number of amides is 1. The first-order valence-corrected chi connectivity index (χ1v) is 10.5. The van der Waals surface area contributed by atoms with E-state index in [0.717, 1.165) is 0 Å². The van der Waals surface area contributed by atoms with Crippen LogP contribution in [0.4, 0.5) is 5.69 Å². The normalized spacial score (nSPS) is 11.2. The molecular weight excluding hydrogens is 450 g/mol. The van der Waals surface area contributed by atoms with Gasteiger partial charge in [0, 0.05) is 5.56 Å². The molecule has 0 saturated heterocycles. The van der Waals surface area contributed by atoms with Crippen LogP contribution in [0.2, 0.25) is 0 Å². The molecule has 1 aromatic carbocycles. The van der Waals surface area contributed by atoms with Gasteiger partial charge in [-0.2, -0.15) is 10.2 Å². The van der Waals surface area contributed by atoms with Crippen LogP contribution in [-0.4, -0.2) is 39.4 Å². The van der Waals surface area contributed by atoms with E-state index >= 15 is 0 Å². The van der Waals surface area contributed by atoms with Crippen molar-refractivity contribution in [1.82, 2.24) is 15.2 Å². The first kappa shape index (κ1) is 23.6. The number of thiophene rings is 1. The largest absolute Gasteiger partial charge is 0.493 e. The van der Waals surface area contributed by atoms with Gasteiger partial charge in [-0.25, -0.2) is 10.2 Å². The number of hydrogen-bond donors (Lipinski definition) is 1. The number of rotatable bonds is 8. The van der Waals surface area contributed by atoms with E-state index in [1.54, 1.807) is 42.6 Å². The second-order valence-corrected chi connectivity index (χ2v) is 7.85. The van der Waals surface area contributed by atoms with Crippen molar-refractivity contribution in [3.05, 3.63) is 67.7 Å². The molecule has 1 amide bonds. The van der Waals surface area contributed by atoms with Gasteiger partial charge in [0.15, 0.2) is 11.5 Å². The Labute approximate surface area is 192 Å². The molecule has 0 aliphatic rings. The molecule has 0 atom stereocenters. The number of aromatic nitrogens is 2. The fourth-order valence-corrected chi connectivity index (χ4v) is 3.61. The number of aryl methyl sites for hydroxylation is 1. The predicted molar refractivity (Wildman–Crippen MR) is 121 cm³/mol. The number of hydrazone groups is 1. The minimum Gasteiger partial charge on any atom is -0.493 e. The minimum absolute atomic E-state index is 0.116. The average molecular weight is 471 g/mol. The first-order chi connectivity index (χ1) is 15.7. The molecule has 0 bridgehead atoms. The lowest BCUT2D eigenvalue weighted by Crippen LogP contribution is -2.25. The molecule has 0 unspecified atom stereocenters. The lowest BCUT2D eigenvalue weighted by Gasteiger charge is -2.11. The highest BCUT2D eigenvalue weighted by Crippen LogP contribution is 2.29. The van der Waals surface area contributed by atoms with Crippen LogP contribution in [0.1, 0.15) is 33.5 Å². The van der Waals surface area contributed by atoms with Crippen LogP contribution in [-0.2, 0) is 11.3 Å². The molecule has 2 aromatic heterocycles. The number of ether oxygens (including phenoxy) is 2. The van der Waals surface area contributed by atoms with E-state index in [0.29, 0.717) is 21.9 Å². The summed E-state index contributed by atoms with van der Waals surface area (Å²) < 4.78 is 12.0. The quantitative estimate of drug-likeness (QED) is 0.175. The molecule has 172 valence electrons. The molecule has 0 radical (unpaired) electrons. The van der Waals surface area contributed by atoms with Gasteiger partial charge < -0.3 is 9.47 Å². The lowest BCUT2D eigenvalue weighted by molar-refractivity contribution is -0.386. The summed E-state index contributed by atoms with van der Waals surface area (Å²) in [5.41, 5.74) is 3.91. The molecule has 12 heteroatoms. The molecule has 2 heterocycles. The van der Waals surface area contributed by atoms with Crippen molar-refractivity contribution in [3.8, 4) is 11.5 Å². The molecule has 3 rings (SSSR count). The lowest BCUT2D eigenvalue weighted by atomic mass is 10.1. The highest BCUT2D eigenvalue weighted by molar-refractivity contribution is 7.12. The van der Waals surface area contributed by atoms with E-state index in [-0.39, 0.29) is 29.4 Å². The number of nitrogens with zero attached hydrogens (tertiary/aromatic N) is 4. The number of carbonyl (C=O) groups is 2. The topological polar surface area (TPSA) is 138 Å². The van der Waals surface area contributed by atoms with Crippen LogP contribution < -0.4 is 14.9 Å². The summed E-state index contributed by atoms with van der Waals surface area (Å²) in [6.45, 7) is 4.49. The van der Waals surface area contributed by atoms with Crippen LogP contribution in [0.3, 0.4) is 0 Å². The SMILES string of the molecule is COc1cc(C(C)=NNC(=O)Cn2nc(C)c([N+](=O)[O-])c2C)ccc1OC(=O)c1cccs1. The molecule has 1 N–H and O–H groups in total. The maximum Gasteiger partial charge on any atom is 0.353 e. The Morgan fingerprint density at radius 3 is 2.64 bits per heavy atom. The van der Waals surface area contributed by atoms with Gasteiger partial charge in [-0.3, -0.25) is 19.6 Å². The maximum absolute atomic E-state index is 12.3. The number of esters is 1. The van der Waals surface area contributed by atoms with Gasteiger partial charge in [-0.1, -0.05) is 6.07 Å². The number of nitrogens with one attached hydrogen (secondary N) is 1. The Hall–Kier alpha value is -4.06. The number of hydrogen-bond acceptors (Lipinski definition) is 9. The Bertz CT molecular complexity index is 1230. The predicted octanol–water partition coefficient (Wildman–Crippen LogP) is 3.24. The fourth-order valence-electron chi connectivity index (χ4n) is 3.01. The van der Waals surface area contributed by atoms with Crippen molar-refractivity contribution in [2.45, 2.75) is 27.3 Å². The molecule has 0 saturated carbocycles. The van der Waals surface area contributed by atoms with Crippen molar-refractivity contribution in [2.75, 3.05) is 7.11 Å². The van der Waals surface area contributed by atoms with Crippen LogP contribution in [0.5, 0.6) is 11.5 Å². The van der Waals surface area contributed by atoms with E-state index in [9.17, 15) is 19.7 Å². The third-order valence-electron chi connectivity index (χ3n) is 4.67. The summed E-state index contributed by atoms with van der Waals surface area (Å²) in [7, 11) is 1.45. The molecular formula is C21H21N5O6S. The summed E-state index contributed by atoms with van der Waals surface area (Å²) in [6.07, 6.45) is 0. The smallest absolute Gasteiger partial charge is 0.353 e. The zero-order valence-corrected chi connectivity index (χ0v) is 19.1. The number of methoxy groups -OCH3 is 1. The number of benzene rings is 1. The van der Waals surface area contributed by atoms with Gasteiger partial charge in [0.2, 0.25) is 0 Å². The number of carbonyl (C=O) groups excluding carboxylic acids is 2. The monoisotopic (exact) mass is 471 g/mol. The van der Waals surface area contributed by atoms with E-state index in [4.69, 9.17) is 9.47 Å². The number of nitro groups is 1. The summed E-state index contributed by atoms with van der Waals surface area (Å²) in [6, 6.07) is 8.31. The Morgan fingerprint density at radius 1 is 1.27 bits per heavy atom. The van der Waals surface area contributed by atoms with Crippen LogP contribution in [0.25, 0.3) is 0 Å². The van der Waals surface area contributed by atoms with Crippen molar-refractivity contribution < 1.29 is 24.0 Å². The summed E-state index contributed by atoms with van der Waals surface area (Å²) in [5.74, 6) is -0.405. The highest BCUT2D eigenvalue weighted by atomic mass is 32.1. The van der Waals surface area contributed by atoms with E-state index in [1.807, 2.05) is 0 Å². The van der Waals surface area contributed by atoms with Crippen LogP contribution in [0, 0.1) is 24.0 Å². The first-order valence-electron chi connectivity index (χ1n) is 9.67. The van der Waals surface area contributed by atoms with Crippen molar-refractivity contribution >= 4 is 34.6 Å². The van der Waals surface area contributed by atoms with Crippen molar-refractivity contribution in [3.63, 3.8) is 0 Å². The second-order valence-electron chi connectivity index (χ2n) is 6.90. The molecule has 3 aromatic rings. The third kappa shape index (κ3) is 5.41. The van der Waals surface area contributed by atoms with Gasteiger partial charge in [-0.05, 0) is 50.4 Å². The van der Waals surface area contributed by atoms with Gasteiger partial charge in [0.1, 0.15) is 22.8 Å². The van der Waals surface area contributed by atoms with Crippen molar-refractivity contribution in [1.29, 1.82) is 0 Å². The highest BCUT2D eigenvalue weighted by Gasteiger charge is 2.22. The van der Waals surface area contributed by atoms with E-state index in [1.165, 1.54) is 37.0 Å². The van der Waals surface area contributed by atoms with Crippen molar-refractivity contribution in [2.24, 2.45) is 5.10 Å². The second kappa shape index (κ2) is 10.0. The van der Waals surface area contributed by atoms with Gasteiger partial charge >= 0.3 is 11.7 Å². The van der Waals surface area contributed by atoms with Gasteiger partial charge in [0.25, 0.3) is 5.91 Å². The van der Waals surface area contributed by atoms with Gasteiger partial charge in [-0.15, -0.1) is 11.3 Å². The van der Waals surface area contributed by atoms with Gasteiger partial charge in [0.05, 0.1) is 17.7 Å². The van der Waals surface area contributed by atoms with E-state index < -0.39 is 16.8 Å². The third-order valence-corrected chi connectivity index (χ3v) is 5.52.